The van der Waals surface area contributed by atoms with Crippen LogP contribution >= 0.6 is 11.8 Å². The molecule has 0 N–H and O–H groups in total. The lowest BCUT2D eigenvalue weighted by molar-refractivity contribution is 0.164. The Morgan fingerprint density at radius 2 is 1.88 bits per heavy atom. The molecule has 1 aromatic heterocycles. The van der Waals surface area contributed by atoms with E-state index in [1.165, 1.54) is 0 Å². The van der Waals surface area contributed by atoms with Crippen LogP contribution < -0.4 is 5.56 Å². The molecule has 0 saturated carbocycles. The molecular formula is C19H20N2O2S. The minimum Gasteiger partial charge on any atom is -0.381 e. The van der Waals surface area contributed by atoms with Crippen LogP contribution in [0, 0.1) is 6.92 Å². The first kappa shape index (κ1) is 16.7. The second kappa shape index (κ2) is 7.64. The van der Waals surface area contributed by atoms with Gasteiger partial charge in [-0.25, -0.2) is 4.98 Å². The average molecular weight is 340 g/mol. The van der Waals surface area contributed by atoms with Gasteiger partial charge in [0.1, 0.15) is 0 Å². The molecule has 1 heterocycles. The van der Waals surface area contributed by atoms with E-state index in [2.05, 4.69) is 0 Å². The standard InChI is InChI=1S/C19H20N2O2S/c1-3-23-12-13-24-19-20-16-10-6-5-9-15(16)18(22)21(19)17-11-7-4-8-14(17)2/h4-11H,3,12-13H2,1-2H3. The van der Waals surface area contributed by atoms with E-state index in [1.807, 2.05) is 62.4 Å². The third kappa shape index (κ3) is 3.37. The fraction of sp³-hybridized carbons (Fsp3) is 0.263. The molecule has 0 spiro atoms. The molecule has 5 heteroatoms. The van der Waals surface area contributed by atoms with Gasteiger partial charge in [-0.15, -0.1) is 0 Å². The molecule has 0 amide bonds. The minimum atomic E-state index is -0.0335. The van der Waals surface area contributed by atoms with Crippen molar-refractivity contribution in [3.05, 3.63) is 64.4 Å². The molecule has 124 valence electrons. The summed E-state index contributed by atoms with van der Waals surface area (Å²) in [5.74, 6) is 0.754. The molecule has 0 radical (unpaired) electrons. The zero-order valence-electron chi connectivity index (χ0n) is 13.9. The highest BCUT2D eigenvalue weighted by atomic mass is 32.2. The Balaban J connectivity index is 2.15. The number of hydrogen-bond donors (Lipinski definition) is 0. The highest BCUT2D eigenvalue weighted by Gasteiger charge is 2.14. The quantitative estimate of drug-likeness (QED) is 0.389. The molecule has 3 aromatic rings. The summed E-state index contributed by atoms with van der Waals surface area (Å²) in [5, 5.41) is 1.34. The zero-order chi connectivity index (χ0) is 16.9. The van der Waals surface area contributed by atoms with Gasteiger partial charge in [0.15, 0.2) is 5.16 Å². The van der Waals surface area contributed by atoms with Crippen molar-refractivity contribution in [1.29, 1.82) is 0 Å². The van der Waals surface area contributed by atoms with Crippen LogP contribution in [0.25, 0.3) is 16.6 Å². The highest BCUT2D eigenvalue weighted by Crippen LogP contribution is 2.22. The SMILES string of the molecule is CCOCCSc1nc2ccccc2c(=O)n1-c1ccccc1C. The van der Waals surface area contributed by atoms with E-state index in [0.29, 0.717) is 23.8 Å². The number of fused-ring (bicyclic) bond motifs is 1. The molecule has 0 aliphatic carbocycles. The lowest BCUT2D eigenvalue weighted by Crippen LogP contribution is -2.22. The number of aryl methyl sites for hydroxylation is 1. The average Bonchev–Trinajstić information content (AvgIpc) is 2.60. The van der Waals surface area contributed by atoms with Crippen molar-refractivity contribution in [2.45, 2.75) is 19.0 Å². The van der Waals surface area contributed by atoms with Gasteiger partial charge in [0.2, 0.25) is 0 Å². The van der Waals surface area contributed by atoms with E-state index < -0.39 is 0 Å². The molecule has 24 heavy (non-hydrogen) atoms. The fourth-order valence-electron chi connectivity index (χ4n) is 2.57. The molecule has 0 bridgehead atoms. The number of benzene rings is 2. The van der Waals surface area contributed by atoms with Crippen LogP contribution in [0.2, 0.25) is 0 Å². The summed E-state index contributed by atoms with van der Waals surface area (Å²) in [4.78, 5) is 17.8. The molecule has 3 rings (SSSR count). The predicted molar refractivity (Wildman–Crippen MR) is 99.3 cm³/mol. The second-order valence-electron chi connectivity index (χ2n) is 5.38. The van der Waals surface area contributed by atoms with Gasteiger partial charge in [-0.1, -0.05) is 42.1 Å². The first-order valence-electron chi connectivity index (χ1n) is 8.00. The minimum absolute atomic E-state index is 0.0335. The second-order valence-corrected chi connectivity index (χ2v) is 6.45. The van der Waals surface area contributed by atoms with Crippen LogP contribution in [-0.2, 0) is 4.74 Å². The van der Waals surface area contributed by atoms with Gasteiger partial charge in [0.25, 0.3) is 5.56 Å². The van der Waals surface area contributed by atoms with Crippen LogP contribution in [0.5, 0.6) is 0 Å². The van der Waals surface area contributed by atoms with E-state index in [4.69, 9.17) is 9.72 Å². The van der Waals surface area contributed by atoms with Crippen LogP contribution in [0.15, 0.2) is 58.5 Å². The van der Waals surface area contributed by atoms with Crippen molar-refractivity contribution in [3.63, 3.8) is 0 Å². The summed E-state index contributed by atoms with van der Waals surface area (Å²) in [6.07, 6.45) is 0. The van der Waals surface area contributed by atoms with Crippen LogP contribution in [0.4, 0.5) is 0 Å². The van der Waals surface area contributed by atoms with E-state index in [-0.39, 0.29) is 5.56 Å². The Kier molecular flexibility index (Phi) is 5.33. The fourth-order valence-corrected chi connectivity index (χ4v) is 3.43. The molecule has 4 nitrogen and oxygen atoms in total. The summed E-state index contributed by atoms with van der Waals surface area (Å²) < 4.78 is 7.12. The zero-order valence-corrected chi connectivity index (χ0v) is 14.7. The molecule has 0 unspecified atom stereocenters. The number of aromatic nitrogens is 2. The first-order chi connectivity index (χ1) is 11.7. The largest absolute Gasteiger partial charge is 0.381 e. The van der Waals surface area contributed by atoms with Gasteiger partial charge < -0.3 is 4.74 Å². The van der Waals surface area contributed by atoms with Crippen molar-refractivity contribution in [1.82, 2.24) is 9.55 Å². The maximum atomic E-state index is 13.1. The number of para-hydroxylation sites is 2. The topological polar surface area (TPSA) is 44.1 Å². The number of rotatable bonds is 6. The predicted octanol–water partition coefficient (Wildman–Crippen LogP) is 3.82. The van der Waals surface area contributed by atoms with E-state index in [0.717, 1.165) is 22.5 Å². The van der Waals surface area contributed by atoms with Gasteiger partial charge in [-0.2, -0.15) is 0 Å². The summed E-state index contributed by atoms with van der Waals surface area (Å²) >= 11 is 1.55. The third-order valence-electron chi connectivity index (χ3n) is 3.76. The van der Waals surface area contributed by atoms with Gasteiger partial charge in [-0.05, 0) is 37.6 Å². The van der Waals surface area contributed by atoms with Crippen LogP contribution in [0.1, 0.15) is 12.5 Å². The van der Waals surface area contributed by atoms with E-state index in [1.54, 1.807) is 16.3 Å². The summed E-state index contributed by atoms with van der Waals surface area (Å²) in [7, 11) is 0. The molecule has 0 saturated heterocycles. The number of nitrogens with zero attached hydrogens (tertiary/aromatic N) is 2. The van der Waals surface area contributed by atoms with Gasteiger partial charge in [-0.3, -0.25) is 9.36 Å². The Bertz CT molecular complexity index is 905. The van der Waals surface area contributed by atoms with Crippen molar-refractivity contribution < 1.29 is 4.74 Å². The molecule has 0 aliphatic rings. The number of ether oxygens (including phenoxy) is 1. The Morgan fingerprint density at radius 3 is 2.67 bits per heavy atom. The maximum absolute atomic E-state index is 13.1. The lowest BCUT2D eigenvalue weighted by atomic mass is 10.2. The van der Waals surface area contributed by atoms with E-state index in [9.17, 15) is 4.79 Å². The Labute approximate surface area is 145 Å². The molecule has 0 fully saturated rings. The maximum Gasteiger partial charge on any atom is 0.266 e. The Hall–Kier alpha value is -2.11. The van der Waals surface area contributed by atoms with Crippen LogP contribution in [0.3, 0.4) is 0 Å². The normalized spacial score (nSPS) is 11.1. The molecular weight excluding hydrogens is 320 g/mol. The lowest BCUT2D eigenvalue weighted by Gasteiger charge is -2.15. The molecule has 0 aliphatic heterocycles. The van der Waals surface area contributed by atoms with Gasteiger partial charge in [0, 0.05) is 12.4 Å². The number of thioether (sulfide) groups is 1. The summed E-state index contributed by atoms with van der Waals surface area (Å²) in [5.41, 5.74) is 2.61. The van der Waals surface area contributed by atoms with Gasteiger partial charge >= 0.3 is 0 Å². The molecule has 2 aromatic carbocycles. The van der Waals surface area contributed by atoms with Gasteiger partial charge in [0.05, 0.1) is 23.2 Å². The highest BCUT2D eigenvalue weighted by molar-refractivity contribution is 7.99. The summed E-state index contributed by atoms with van der Waals surface area (Å²) in [6, 6.07) is 15.4. The third-order valence-corrected chi connectivity index (χ3v) is 4.67. The first-order valence-corrected chi connectivity index (χ1v) is 8.99. The Morgan fingerprint density at radius 1 is 1.12 bits per heavy atom. The van der Waals surface area contributed by atoms with Crippen molar-refractivity contribution in [3.8, 4) is 5.69 Å². The van der Waals surface area contributed by atoms with Crippen molar-refractivity contribution in [2.24, 2.45) is 0 Å². The van der Waals surface area contributed by atoms with Crippen molar-refractivity contribution >= 4 is 22.7 Å². The molecule has 0 atom stereocenters. The van der Waals surface area contributed by atoms with Crippen molar-refractivity contribution in [2.75, 3.05) is 19.0 Å². The summed E-state index contributed by atoms with van der Waals surface area (Å²) in [6.45, 7) is 5.31. The monoisotopic (exact) mass is 340 g/mol. The van der Waals surface area contributed by atoms with Crippen LogP contribution in [-0.4, -0.2) is 28.5 Å². The number of hydrogen-bond acceptors (Lipinski definition) is 4. The smallest absolute Gasteiger partial charge is 0.266 e. The van der Waals surface area contributed by atoms with E-state index >= 15 is 0 Å².